The summed E-state index contributed by atoms with van der Waals surface area (Å²) in [7, 11) is 0. The van der Waals surface area contributed by atoms with Crippen molar-refractivity contribution in [2.45, 2.75) is 32.6 Å². The third-order valence-corrected chi connectivity index (χ3v) is 3.40. The lowest BCUT2D eigenvalue weighted by atomic mass is 9.99. The molecule has 2 rings (SSSR count). The lowest BCUT2D eigenvalue weighted by molar-refractivity contribution is 0.575. The Kier molecular flexibility index (Phi) is 1.61. The average molecular weight is 169 g/mol. The Hall–Kier alpha value is -0.230. The summed E-state index contributed by atoms with van der Waals surface area (Å²) in [6.45, 7) is 2.18. The zero-order chi connectivity index (χ0) is 7.90. The van der Waals surface area contributed by atoms with Crippen molar-refractivity contribution < 1.29 is 0 Å². The molecular weight excluding hydrogens is 156 g/mol. The molecule has 0 bridgehead atoms. The molecule has 0 unspecified atom stereocenters. The minimum absolute atomic E-state index is 0.426. The van der Waals surface area contributed by atoms with Crippen LogP contribution < -0.4 is 0 Å². The Morgan fingerprint density at radius 3 is 2.64 bits per heavy atom. The van der Waals surface area contributed by atoms with E-state index in [2.05, 4.69) is 19.1 Å². The van der Waals surface area contributed by atoms with Crippen molar-refractivity contribution in [3.63, 3.8) is 0 Å². The fraction of sp³-hybridized carbons (Fsp3) is 0.600. The Labute approximate surface area is 72.9 Å². The molecule has 11 heavy (non-hydrogen) atoms. The summed E-state index contributed by atoms with van der Waals surface area (Å²) < 4.78 is 0. The van der Waals surface area contributed by atoms with Crippen LogP contribution in [0.15, 0.2) is 22.8 Å². The van der Waals surface area contributed by atoms with Crippen molar-refractivity contribution in [2.24, 2.45) is 5.41 Å². The molecule has 0 nitrogen and oxygen atoms in total. The molecule has 0 aromatic heterocycles. The first-order chi connectivity index (χ1) is 5.23. The molecular formula is C10H13Cl. The molecule has 0 aromatic rings. The van der Waals surface area contributed by atoms with Crippen molar-refractivity contribution in [1.29, 1.82) is 0 Å². The van der Waals surface area contributed by atoms with E-state index in [-0.39, 0.29) is 0 Å². The van der Waals surface area contributed by atoms with Crippen LogP contribution in [0.1, 0.15) is 32.6 Å². The van der Waals surface area contributed by atoms with Crippen molar-refractivity contribution in [3.8, 4) is 0 Å². The highest BCUT2D eigenvalue weighted by molar-refractivity contribution is 6.30. The summed E-state index contributed by atoms with van der Waals surface area (Å²) >= 11 is 6.16. The number of hydrogen-bond donors (Lipinski definition) is 0. The van der Waals surface area contributed by atoms with Gasteiger partial charge >= 0.3 is 0 Å². The van der Waals surface area contributed by atoms with Crippen LogP contribution >= 0.6 is 11.6 Å². The fourth-order valence-corrected chi connectivity index (χ4v) is 2.02. The monoisotopic (exact) mass is 168 g/mol. The van der Waals surface area contributed by atoms with E-state index in [0.29, 0.717) is 5.41 Å². The number of rotatable bonds is 0. The summed E-state index contributed by atoms with van der Waals surface area (Å²) in [6, 6.07) is 0. The fourth-order valence-electron chi connectivity index (χ4n) is 1.67. The summed E-state index contributed by atoms with van der Waals surface area (Å²) in [5.41, 5.74) is 1.89. The SMILES string of the molecule is CC1=CC=C(Cl)C2(CC1)CC2. The second-order valence-corrected chi connectivity index (χ2v) is 4.22. The van der Waals surface area contributed by atoms with E-state index in [1.807, 2.05) is 0 Å². The summed E-state index contributed by atoms with van der Waals surface area (Å²) in [4.78, 5) is 0. The lowest BCUT2D eigenvalue weighted by Crippen LogP contribution is -1.98. The first-order valence-corrected chi connectivity index (χ1v) is 4.64. The van der Waals surface area contributed by atoms with E-state index in [4.69, 9.17) is 11.6 Å². The van der Waals surface area contributed by atoms with Crippen LogP contribution in [-0.4, -0.2) is 0 Å². The molecule has 1 heteroatoms. The van der Waals surface area contributed by atoms with E-state index < -0.39 is 0 Å². The third-order valence-electron chi connectivity index (χ3n) is 2.87. The molecule has 0 aliphatic heterocycles. The summed E-state index contributed by atoms with van der Waals surface area (Å²) in [5, 5.41) is 1.09. The molecule has 0 atom stereocenters. The van der Waals surface area contributed by atoms with Gasteiger partial charge in [-0.15, -0.1) is 0 Å². The van der Waals surface area contributed by atoms with Gasteiger partial charge in [0.2, 0.25) is 0 Å². The van der Waals surface area contributed by atoms with Crippen molar-refractivity contribution in [3.05, 3.63) is 22.8 Å². The van der Waals surface area contributed by atoms with Crippen LogP contribution in [0.3, 0.4) is 0 Å². The molecule has 1 saturated carbocycles. The highest BCUT2D eigenvalue weighted by Crippen LogP contribution is 2.57. The van der Waals surface area contributed by atoms with Crippen LogP contribution in [0.2, 0.25) is 0 Å². The van der Waals surface area contributed by atoms with Gasteiger partial charge in [-0.25, -0.2) is 0 Å². The van der Waals surface area contributed by atoms with Gasteiger partial charge in [-0.3, -0.25) is 0 Å². The second kappa shape index (κ2) is 2.38. The van der Waals surface area contributed by atoms with E-state index in [1.54, 1.807) is 0 Å². The molecule has 1 fully saturated rings. The molecule has 0 aromatic carbocycles. The number of hydrogen-bond acceptors (Lipinski definition) is 0. The normalized spacial score (nSPS) is 27.5. The van der Waals surface area contributed by atoms with E-state index in [0.717, 1.165) is 5.03 Å². The predicted octanol–water partition coefficient (Wildman–Crippen LogP) is 3.63. The maximum atomic E-state index is 6.16. The van der Waals surface area contributed by atoms with Crippen LogP contribution in [0.5, 0.6) is 0 Å². The molecule has 2 aliphatic carbocycles. The summed E-state index contributed by atoms with van der Waals surface area (Å²) in [5.74, 6) is 0. The standard InChI is InChI=1S/C10H13Cl/c1-8-2-3-9(11)10(5-4-8)6-7-10/h2-3H,4-7H2,1H3. The van der Waals surface area contributed by atoms with E-state index in [9.17, 15) is 0 Å². The smallest absolute Gasteiger partial charge is 0.0242 e. The van der Waals surface area contributed by atoms with Crippen LogP contribution in [0.25, 0.3) is 0 Å². The highest BCUT2D eigenvalue weighted by Gasteiger charge is 2.45. The zero-order valence-corrected chi connectivity index (χ0v) is 7.62. The van der Waals surface area contributed by atoms with Crippen LogP contribution in [0, 0.1) is 5.41 Å². The van der Waals surface area contributed by atoms with Gasteiger partial charge in [-0.2, -0.15) is 0 Å². The van der Waals surface area contributed by atoms with Gasteiger partial charge in [0, 0.05) is 10.4 Å². The molecule has 0 amide bonds. The van der Waals surface area contributed by atoms with Gasteiger partial charge in [0.1, 0.15) is 0 Å². The third kappa shape index (κ3) is 1.24. The van der Waals surface area contributed by atoms with Gasteiger partial charge in [-0.1, -0.05) is 23.3 Å². The van der Waals surface area contributed by atoms with E-state index >= 15 is 0 Å². The molecule has 0 N–H and O–H groups in total. The van der Waals surface area contributed by atoms with Gasteiger partial charge in [0.15, 0.2) is 0 Å². The number of allylic oxidation sites excluding steroid dienone is 4. The molecule has 0 heterocycles. The Balaban J connectivity index is 2.23. The van der Waals surface area contributed by atoms with Gasteiger partial charge in [0.25, 0.3) is 0 Å². The Bertz CT molecular complexity index is 231. The molecule has 60 valence electrons. The van der Waals surface area contributed by atoms with Crippen molar-refractivity contribution >= 4 is 11.6 Å². The van der Waals surface area contributed by atoms with Gasteiger partial charge in [0.05, 0.1) is 0 Å². The van der Waals surface area contributed by atoms with Crippen molar-refractivity contribution in [1.82, 2.24) is 0 Å². The largest absolute Gasteiger partial charge is 0.0885 e. The minimum atomic E-state index is 0.426. The molecule has 2 aliphatic rings. The zero-order valence-electron chi connectivity index (χ0n) is 6.86. The molecule has 1 spiro atoms. The van der Waals surface area contributed by atoms with Gasteiger partial charge in [-0.05, 0) is 38.7 Å². The number of halogens is 1. The first-order valence-electron chi connectivity index (χ1n) is 4.26. The van der Waals surface area contributed by atoms with Crippen LogP contribution in [0.4, 0.5) is 0 Å². The maximum Gasteiger partial charge on any atom is 0.0242 e. The Morgan fingerprint density at radius 1 is 1.27 bits per heavy atom. The maximum absolute atomic E-state index is 6.16. The van der Waals surface area contributed by atoms with E-state index in [1.165, 1.54) is 31.3 Å². The average Bonchev–Trinajstić information content (AvgIpc) is 2.77. The Morgan fingerprint density at radius 2 is 2.00 bits per heavy atom. The van der Waals surface area contributed by atoms with Crippen LogP contribution in [-0.2, 0) is 0 Å². The summed E-state index contributed by atoms with van der Waals surface area (Å²) in [6.07, 6.45) is 9.37. The first kappa shape index (κ1) is 7.42. The predicted molar refractivity (Wildman–Crippen MR) is 48.6 cm³/mol. The molecule has 0 saturated heterocycles. The highest BCUT2D eigenvalue weighted by atomic mass is 35.5. The van der Waals surface area contributed by atoms with Crippen molar-refractivity contribution in [2.75, 3.05) is 0 Å². The molecule has 0 radical (unpaired) electrons. The second-order valence-electron chi connectivity index (χ2n) is 3.81. The van der Waals surface area contributed by atoms with Gasteiger partial charge < -0.3 is 0 Å². The quantitative estimate of drug-likeness (QED) is 0.518. The minimum Gasteiger partial charge on any atom is -0.0885 e. The lowest BCUT2D eigenvalue weighted by Gasteiger charge is -2.10. The topological polar surface area (TPSA) is 0 Å².